The maximum absolute atomic E-state index is 12.4. The normalized spacial score (nSPS) is 16.9. The van der Waals surface area contributed by atoms with Gasteiger partial charge in [-0.3, -0.25) is 4.79 Å². The molecule has 2 N–H and O–H groups in total. The van der Waals surface area contributed by atoms with Gasteiger partial charge in [0.15, 0.2) is 0 Å². The number of carbonyl (C=O) groups is 1. The van der Waals surface area contributed by atoms with Crippen LogP contribution in [0.1, 0.15) is 16.8 Å². The molecule has 1 heterocycles. The molecule has 2 rings (SSSR count). The first-order valence-corrected chi connectivity index (χ1v) is 8.33. The predicted octanol–water partition coefficient (Wildman–Crippen LogP) is 0.798. The number of benzene rings is 1. The van der Waals surface area contributed by atoms with Gasteiger partial charge in [-0.2, -0.15) is 0 Å². The highest BCUT2D eigenvalue weighted by Crippen LogP contribution is 2.15. The quantitative estimate of drug-likeness (QED) is 0.811. The molecule has 8 heteroatoms. The number of carbonyl (C=O) groups excluding carboxylic acids is 1. The summed E-state index contributed by atoms with van der Waals surface area (Å²) in [6.07, 6.45) is 1.82. The largest absolute Gasteiger partial charge is 0.398 e. The van der Waals surface area contributed by atoms with Crippen LogP contribution in [0, 0.1) is 0 Å². The summed E-state index contributed by atoms with van der Waals surface area (Å²) in [7, 11) is -3.20. The number of rotatable bonds is 2. The van der Waals surface area contributed by atoms with Gasteiger partial charge in [-0.15, -0.1) is 12.4 Å². The van der Waals surface area contributed by atoms with Gasteiger partial charge in [-0.25, -0.2) is 12.7 Å². The van der Waals surface area contributed by atoms with Crippen LogP contribution in [0.4, 0.5) is 5.69 Å². The second-order valence-corrected chi connectivity index (χ2v) is 6.88. The van der Waals surface area contributed by atoms with Crippen LogP contribution in [-0.2, 0) is 10.0 Å². The van der Waals surface area contributed by atoms with Crippen molar-refractivity contribution in [2.75, 3.05) is 38.2 Å². The van der Waals surface area contributed by atoms with Gasteiger partial charge in [-0.1, -0.05) is 12.1 Å². The molecule has 1 aromatic rings. The lowest BCUT2D eigenvalue weighted by atomic mass is 10.1. The van der Waals surface area contributed by atoms with Crippen molar-refractivity contribution in [1.82, 2.24) is 9.21 Å². The van der Waals surface area contributed by atoms with E-state index in [9.17, 15) is 13.2 Å². The molecule has 1 amide bonds. The van der Waals surface area contributed by atoms with Gasteiger partial charge in [0.2, 0.25) is 10.0 Å². The SMILES string of the molecule is CS(=O)(=O)N1CCCN(C(=O)c2ccccc2N)CC1.Cl. The van der Waals surface area contributed by atoms with Crippen LogP contribution in [0.2, 0.25) is 0 Å². The standard InChI is InChI=1S/C13H19N3O3S.ClH/c1-20(18,19)16-8-4-7-15(9-10-16)13(17)11-5-2-3-6-12(11)14;/h2-3,5-6H,4,7-10,14H2,1H3;1H. The van der Waals surface area contributed by atoms with Crippen molar-refractivity contribution in [3.63, 3.8) is 0 Å². The molecule has 1 fully saturated rings. The van der Waals surface area contributed by atoms with Gasteiger partial charge < -0.3 is 10.6 Å². The lowest BCUT2D eigenvalue weighted by Crippen LogP contribution is -2.37. The molecule has 21 heavy (non-hydrogen) atoms. The number of hydrogen-bond donors (Lipinski definition) is 1. The average Bonchev–Trinajstić information content (AvgIpc) is 2.63. The predicted molar refractivity (Wildman–Crippen MR) is 85.0 cm³/mol. The van der Waals surface area contributed by atoms with E-state index in [1.807, 2.05) is 0 Å². The summed E-state index contributed by atoms with van der Waals surface area (Å²) in [6, 6.07) is 6.93. The van der Waals surface area contributed by atoms with E-state index in [0.717, 1.165) is 0 Å². The van der Waals surface area contributed by atoms with Crippen LogP contribution < -0.4 is 5.73 Å². The molecule has 0 unspecified atom stereocenters. The number of para-hydroxylation sites is 1. The number of sulfonamides is 1. The van der Waals surface area contributed by atoms with E-state index in [-0.39, 0.29) is 18.3 Å². The third-order valence-corrected chi connectivity index (χ3v) is 4.71. The van der Waals surface area contributed by atoms with E-state index < -0.39 is 10.0 Å². The first-order valence-electron chi connectivity index (χ1n) is 6.48. The Morgan fingerprint density at radius 1 is 1.14 bits per heavy atom. The van der Waals surface area contributed by atoms with E-state index in [1.54, 1.807) is 29.2 Å². The fraction of sp³-hybridized carbons (Fsp3) is 0.462. The summed E-state index contributed by atoms with van der Waals surface area (Å²) < 4.78 is 24.5. The summed E-state index contributed by atoms with van der Waals surface area (Å²) in [5, 5.41) is 0. The van der Waals surface area contributed by atoms with Gasteiger partial charge in [0.1, 0.15) is 0 Å². The molecule has 0 bridgehead atoms. The second kappa shape index (κ2) is 7.11. The number of nitrogens with two attached hydrogens (primary N) is 1. The Kier molecular flexibility index (Phi) is 6.00. The third-order valence-electron chi connectivity index (χ3n) is 3.40. The molecular formula is C13H20ClN3O3S. The van der Waals surface area contributed by atoms with Crippen molar-refractivity contribution < 1.29 is 13.2 Å². The van der Waals surface area contributed by atoms with Crippen LogP contribution in [0.25, 0.3) is 0 Å². The number of hydrogen-bond acceptors (Lipinski definition) is 4. The van der Waals surface area contributed by atoms with Crippen LogP contribution >= 0.6 is 12.4 Å². The average molecular weight is 334 g/mol. The Bertz CT molecular complexity index is 606. The van der Waals surface area contributed by atoms with Gasteiger partial charge in [0, 0.05) is 31.9 Å². The lowest BCUT2D eigenvalue weighted by molar-refractivity contribution is 0.0765. The molecule has 0 radical (unpaired) electrons. The molecule has 1 aromatic carbocycles. The van der Waals surface area contributed by atoms with Crippen molar-refractivity contribution in [3.8, 4) is 0 Å². The third kappa shape index (κ3) is 4.33. The molecule has 1 saturated heterocycles. The molecule has 1 aliphatic heterocycles. The summed E-state index contributed by atoms with van der Waals surface area (Å²) >= 11 is 0. The Hall–Kier alpha value is -1.31. The van der Waals surface area contributed by atoms with Gasteiger partial charge in [0.05, 0.1) is 11.8 Å². The Balaban J connectivity index is 0.00000220. The van der Waals surface area contributed by atoms with Gasteiger partial charge in [-0.05, 0) is 18.6 Å². The first kappa shape index (κ1) is 17.7. The highest BCUT2D eigenvalue weighted by atomic mass is 35.5. The Morgan fingerprint density at radius 3 is 2.43 bits per heavy atom. The molecule has 0 saturated carbocycles. The maximum atomic E-state index is 12.4. The van der Waals surface area contributed by atoms with E-state index in [0.29, 0.717) is 43.9 Å². The zero-order chi connectivity index (χ0) is 14.8. The lowest BCUT2D eigenvalue weighted by Gasteiger charge is -2.21. The monoisotopic (exact) mass is 333 g/mol. The molecular weight excluding hydrogens is 314 g/mol. The van der Waals surface area contributed by atoms with Crippen molar-refractivity contribution in [1.29, 1.82) is 0 Å². The molecule has 1 aliphatic rings. The fourth-order valence-corrected chi connectivity index (χ4v) is 3.16. The van der Waals surface area contributed by atoms with Crippen molar-refractivity contribution >= 4 is 34.0 Å². The molecule has 0 aromatic heterocycles. The fourth-order valence-electron chi connectivity index (χ4n) is 2.29. The summed E-state index contributed by atoms with van der Waals surface area (Å²) in [5.74, 6) is -0.140. The van der Waals surface area contributed by atoms with Crippen LogP contribution in [-0.4, -0.2) is 56.0 Å². The molecule has 0 aliphatic carbocycles. The smallest absolute Gasteiger partial charge is 0.255 e. The number of anilines is 1. The van der Waals surface area contributed by atoms with Crippen LogP contribution in [0.3, 0.4) is 0 Å². The summed E-state index contributed by atoms with van der Waals surface area (Å²) in [4.78, 5) is 14.1. The number of amides is 1. The second-order valence-electron chi connectivity index (χ2n) is 4.90. The molecule has 0 spiro atoms. The zero-order valence-electron chi connectivity index (χ0n) is 11.9. The van der Waals surface area contributed by atoms with Crippen LogP contribution in [0.15, 0.2) is 24.3 Å². The molecule has 0 atom stereocenters. The van der Waals surface area contributed by atoms with Gasteiger partial charge >= 0.3 is 0 Å². The first-order chi connectivity index (χ1) is 9.39. The molecule has 118 valence electrons. The minimum absolute atomic E-state index is 0. The zero-order valence-corrected chi connectivity index (χ0v) is 13.5. The Labute approximate surface area is 131 Å². The highest BCUT2D eigenvalue weighted by Gasteiger charge is 2.25. The number of nitrogens with zero attached hydrogens (tertiary/aromatic N) is 2. The van der Waals surface area contributed by atoms with Gasteiger partial charge in [0.25, 0.3) is 5.91 Å². The molecule has 6 nitrogen and oxygen atoms in total. The summed E-state index contributed by atoms with van der Waals surface area (Å²) in [5.41, 5.74) is 6.73. The van der Waals surface area contributed by atoms with E-state index in [4.69, 9.17) is 5.73 Å². The van der Waals surface area contributed by atoms with E-state index >= 15 is 0 Å². The maximum Gasteiger partial charge on any atom is 0.255 e. The minimum atomic E-state index is -3.20. The number of halogens is 1. The van der Waals surface area contributed by atoms with Crippen LogP contribution in [0.5, 0.6) is 0 Å². The van der Waals surface area contributed by atoms with Crippen molar-refractivity contribution in [2.24, 2.45) is 0 Å². The minimum Gasteiger partial charge on any atom is -0.398 e. The van der Waals surface area contributed by atoms with E-state index in [2.05, 4.69) is 0 Å². The highest BCUT2D eigenvalue weighted by molar-refractivity contribution is 7.88. The van der Waals surface area contributed by atoms with Crippen molar-refractivity contribution in [2.45, 2.75) is 6.42 Å². The van der Waals surface area contributed by atoms with E-state index in [1.165, 1.54) is 10.6 Å². The van der Waals surface area contributed by atoms with Crippen molar-refractivity contribution in [3.05, 3.63) is 29.8 Å². The topological polar surface area (TPSA) is 83.7 Å². The number of nitrogen functional groups attached to an aromatic ring is 1. The Morgan fingerprint density at radius 2 is 1.81 bits per heavy atom. The summed E-state index contributed by atoms with van der Waals surface area (Å²) in [6.45, 7) is 1.71.